The Hall–Kier alpha value is 0.100. The number of rotatable bonds is 8. The van der Waals surface area contributed by atoms with Gasteiger partial charge in [-0.05, 0) is 30.1 Å². The summed E-state index contributed by atoms with van der Waals surface area (Å²) in [5.41, 5.74) is 0. The van der Waals surface area contributed by atoms with E-state index in [1.54, 1.807) is 0 Å². The van der Waals surface area contributed by atoms with E-state index in [2.05, 4.69) is 0 Å². The lowest BCUT2D eigenvalue weighted by Gasteiger charge is -2.27. The van der Waals surface area contributed by atoms with E-state index in [1.807, 2.05) is 22.6 Å². The Kier molecular flexibility index (Phi) is 8.85. The molecule has 0 amide bonds. The van der Waals surface area contributed by atoms with Gasteiger partial charge in [-0.2, -0.15) is 39.5 Å². The van der Waals surface area contributed by atoms with Crippen molar-refractivity contribution in [1.29, 1.82) is 0 Å². The van der Waals surface area contributed by atoms with E-state index in [1.165, 1.54) is 0 Å². The quantitative estimate of drug-likeness (QED) is 0.165. The Bertz CT molecular complexity index is 305. The zero-order valence-electron chi connectivity index (χ0n) is 11.4. The molecule has 0 aromatic heterocycles. The first-order valence-electron chi connectivity index (χ1n) is 6.53. The van der Waals surface area contributed by atoms with Gasteiger partial charge in [0.15, 0.2) is 0 Å². The minimum atomic E-state index is -5.07. The molecule has 0 aliphatic carbocycles. The van der Waals surface area contributed by atoms with Crippen LogP contribution in [-0.4, -0.2) is 23.0 Å². The topological polar surface area (TPSA) is 0 Å². The number of halogens is 10. The maximum atomic E-state index is 12.8. The van der Waals surface area contributed by atoms with Crippen molar-refractivity contribution < 1.29 is 39.5 Å². The number of unbranched alkanes of at least 4 members (excludes halogenated alkanes) is 1. The molecule has 2 unspecified atom stereocenters. The van der Waals surface area contributed by atoms with Crippen molar-refractivity contribution in [2.24, 2.45) is 11.8 Å². The Morgan fingerprint density at radius 3 is 1.50 bits per heavy atom. The molecule has 0 heterocycles. The Morgan fingerprint density at radius 1 is 0.682 bits per heavy atom. The second-order valence-corrected chi connectivity index (χ2v) is 6.13. The second kappa shape index (κ2) is 8.81. The summed E-state index contributed by atoms with van der Waals surface area (Å²) in [6.45, 7) is 0. The van der Waals surface area contributed by atoms with E-state index in [9.17, 15) is 39.5 Å². The van der Waals surface area contributed by atoms with E-state index in [4.69, 9.17) is 0 Å². The van der Waals surface area contributed by atoms with Crippen LogP contribution in [0.1, 0.15) is 38.5 Å². The van der Waals surface area contributed by atoms with Crippen LogP contribution in [0, 0.1) is 11.8 Å². The SMILES string of the molecule is FC(F)(F)CCC(CC(CCCCI)C(F)(F)F)C(F)(F)F. The summed E-state index contributed by atoms with van der Waals surface area (Å²) in [4.78, 5) is 0. The molecule has 0 fully saturated rings. The maximum Gasteiger partial charge on any atom is 0.391 e. The first-order valence-corrected chi connectivity index (χ1v) is 8.06. The van der Waals surface area contributed by atoms with Crippen LogP contribution in [0.25, 0.3) is 0 Å². The third-order valence-corrected chi connectivity index (χ3v) is 3.97. The Labute approximate surface area is 136 Å². The molecule has 10 heteroatoms. The molecule has 0 nitrogen and oxygen atoms in total. The highest BCUT2D eigenvalue weighted by Gasteiger charge is 2.48. The molecular weight excluding hydrogens is 442 g/mol. The van der Waals surface area contributed by atoms with Gasteiger partial charge in [-0.1, -0.05) is 29.0 Å². The lowest BCUT2D eigenvalue weighted by Crippen LogP contribution is -2.32. The van der Waals surface area contributed by atoms with Gasteiger partial charge in [0.1, 0.15) is 0 Å². The molecule has 0 aliphatic rings. The smallest absolute Gasteiger partial charge is 0.171 e. The average molecular weight is 458 g/mol. The lowest BCUT2D eigenvalue weighted by atomic mass is 9.87. The summed E-state index contributed by atoms with van der Waals surface area (Å²) < 4.78 is 113. The van der Waals surface area contributed by atoms with Crippen LogP contribution in [0.2, 0.25) is 0 Å². The molecule has 22 heavy (non-hydrogen) atoms. The average Bonchev–Trinajstić information content (AvgIpc) is 2.27. The van der Waals surface area contributed by atoms with E-state index in [0.29, 0.717) is 10.8 Å². The summed E-state index contributed by atoms with van der Waals surface area (Å²) in [5, 5.41) is 0. The molecule has 0 aliphatic heterocycles. The molecule has 0 aromatic rings. The van der Waals surface area contributed by atoms with Crippen LogP contribution in [0.15, 0.2) is 0 Å². The Morgan fingerprint density at radius 2 is 1.14 bits per heavy atom. The zero-order chi connectivity index (χ0) is 17.6. The minimum absolute atomic E-state index is 0.0942. The molecular formula is C12H16F9I. The van der Waals surface area contributed by atoms with Gasteiger partial charge >= 0.3 is 18.5 Å². The van der Waals surface area contributed by atoms with Gasteiger partial charge < -0.3 is 0 Å². The van der Waals surface area contributed by atoms with Crippen molar-refractivity contribution in [3.63, 3.8) is 0 Å². The first kappa shape index (κ1) is 22.1. The molecule has 0 radical (unpaired) electrons. The molecule has 134 valence electrons. The van der Waals surface area contributed by atoms with Crippen molar-refractivity contribution in [2.45, 2.75) is 57.1 Å². The third kappa shape index (κ3) is 9.98. The van der Waals surface area contributed by atoms with Gasteiger partial charge in [-0.15, -0.1) is 0 Å². The van der Waals surface area contributed by atoms with E-state index < -0.39 is 56.0 Å². The van der Waals surface area contributed by atoms with Gasteiger partial charge in [0, 0.05) is 6.42 Å². The van der Waals surface area contributed by atoms with Gasteiger partial charge in [0.05, 0.1) is 11.8 Å². The highest BCUT2D eigenvalue weighted by molar-refractivity contribution is 14.1. The van der Waals surface area contributed by atoms with Crippen molar-refractivity contribution in [2.75, 3.05) is 4.43 Å². The monoisotopic (exact) mass is 458 g/mol. The number of hydrogen-bond donors (Lipinski definition) is 0. The molecule has 2 atom stereocenters. The summed E-state index contributed by atoms with van der Waals surface area (Å²) in [5.74, 6) is -4.82. The fourth-order valence-corrected chi connectivity index (χ4v) is 2.54. The summed E-state index contributed by atoms with van der Waals surface area (Å²) in [7, 11) is 0. The zero-order valence-corrected chi connectivity index (χ0v) is 13.5. The molecule has 0 saturated heterocycles. The van der Waals surface area contributed by atoms with Crippen molar-refractivity contribution >= 4 is 22.6 Å². The van der Waals surface area contributed by atoms with Gasteiger partial charge in [-0.25, -0.2) is 0 Å². The van der Waals surface area contributed by atoms with Crippen molar-refractivity contribution in [3.8, 4) is 0 Å². The van der Waals surface area contributed by atoms with E-state index in [-0.39, 0.29) is 6.42 Å². The highest BCUT2D eigenvalue weighted by atomic mass is 127. The standard InChI is InChI=1S/C12H16F9I/c13-10(14,15)5-4-9(12(19,20)21)7-8(11(16,17)18)3-1-2-6-22/h8-9H,1-7H2. The van der Waals surface area contributed by atoms with E-state index >= 15 is 0 Å². The van der Waals surface area contributed by atoms with Gasteiger partial charge in [-0.3, -0.25) is 0 Å². The first-order chi connectivity index (χ1) is 9.77. The third-order valence-electron chi connectivity index (χ3n) is 3.21. The molecule has 0 N–H and O–H groups in total. The van der Waals surface area contributed by atoms with Crippen molar-refractivity contribution in [3.05, 3.63) is 0 Å². The van der Waals surface area contributed by atoms with Crippen molar-refractivity contribution in [1.82, 2.24) is 0 Å². The summed E-state index contributed by atoms with van der Waals surface area (Å²) >= 11 is 1.93. The molecule has 0 bridgehead atoms. The molecule has 0 rings (SSSR count). The highest BCUT2D eigenvalue weighted by Crippen LogP contribution is 2.42. The predicted octanol–water partition coefficient (Wildman–Crippen LogP) is 6.68. The maximum absolute atomic E-state index is 12.8. The van der Waals surface area contributed by atoms with Crippen LogP contribution in [-0.2, 0) is 0 Å². The summed E-state index contributed by atoms with van der Waals surface area (Å²) in [6.07, 6.45) is -19.2. The molecule has 0 spiro atoms. The molecule has 0 saturated carbocycles. The normalized spacial score (nSPS) is 16.6. The van der Waals surface area contributed by atoms with Crippen LogP contribution >= 0.6 is 22.6 Å². The van der Waals surface area contributed by atoms with Crippen LogP contribution in [0.3, 0.4) is 0 Å². The predicted molar refractivity (Wildman–Crippen MR) is 71.7 cm³/mol. The second-order valence-electron chi connectivity index (χ2n) is 5.05. The minimum Gasteiger partial charge on any atom is -0.171 e. The fraction of sp³-hybridized carbons (Fsp3) is 1.00. The largest absolute Gasteiger partial charge is 0.391 e. The summed E-state index contributed by atoms with van der Waals surface area (Å²) in [6, 6.07) is 0. The Balaban J connectivity index is 4.88. The lowest BCUT2D eigenvalue weighted by molar-refractivity contribution is -0.218. The number of alkyl halides is 10. The molecule has 0 aromatic carbocycles. The van der Waals surface area contributed by atoms with Gasteiger partial charge in [0.25, 0.3) is 0 Å². The van der Waals surface area contributed by atoms with Crippen LogP contribution < -0.4 is 0 Å². The fourth-order valence-electron chi connectivity index (χ4n) is 2.00. The van der Waals surface area contributed by atoms with Gasteiger partial charge in [0.2, 0.25) is 0 Å². The number of hydrogen-bond acceptors (Lipinski definition) is 0. The van der Waals surface area contributed by atoms with Crippen LogP contribution in [0.5, 0.6) is 0 Å². The van der Waals surface area contributed by atoms with Crippen LogP contribution in [0.4, 0.5) is 39.5 Å². The van der Waals surface area contributed by atoms with E-state index in [0.717, 1.165) is 0 Å².